The lowest BCUT2D eigenvalue weighted by Gasteiger charge is -2.13. The second kappa shape index (κ2) is 6.89. The number of rotatable bonds is 6. The van der Waals surface area contributed by atoms with Gasteiger partial charge in [0.1, 0.15) is 11.6 Å². The molecule has 9 nitrogen and oxygen atoms in total. The topological polar surface area (TPSA) is 118 Å². The summed E-state index contributed by atoms with van der Waals surface area (Å²) in [5, 5.41) is 10.8. The van der Waals surface area contributed by atoms with E-state index in [1.165, 1.54) is 18.2 Å². The van der Waals surface area contributed by atoms with Crippen LogP contribution in [0.3, 0.4) is 0 Å². The van der Waals surface area contributed by atoms with Crippen LogP contribution in [0.5, 0.6) is 0 Å². The van der Waals surface area contributed by atoms with Gasteiger partial charge in [-0.25, -0.2) is 23.1 Å². The van der Waals surface area contributed by atoms with Crippen molar-refractivity contribution in [2.24, 2.45) is 0 Å². The molecule has 0 aliphatic rings. The number of aromatic nitrogens is 2. The molecule has 0 amide bonds. The standard InChI is InChI=1S/C14H17N5O4S/c1-10-7-14(18(2)3)17-13(16-10)9-15-24(22,23)12-6-4-5-11(8-12)19(20)21/h4-8,15H,9H2,1-3H3. The maximum atomic E-state index is 12.3. The number of aryl methyl sites for hydroxylation is 1. The summed E-state index contributed by atoms with van der Waals surface area (Å²) < 4.78 is 26.9. The molecule has 0 saturated carbocycles. The van der Waals surface area contributed by atoms with Gasteiger partial charge in [0.25, 0.3) is 5.69 Å². The van der Waals surface area contributed by atoms with Crippen LogP contribution in [0.1, 0.15) is 11.5 Å². The molecule has 24 heavy (non-hydrogen) atoms. The predicted octanol–water partition coefficient (Wildman–Crippen LogP) is 1.24. The van der Waals surface area contributed by atoms with Crippen molar-refractivity contribution in [2.75, 3.05) is 19.0 Å². The van der Waals surface area contributed by atoms with E-state index >= 15 is 0 Å². The van der Waals surface area contributed by atoms with Crippen LogP contribution in [0.15, 0.2) is 35.2 Å². The van der Waals surface area contributed by atoms with Crippen LogP contribution >= 0.6 is 0 Å². The molecule has 0 aliphatic heterocycles. The van der Waals surface area contributed by atoms with Crippen LogP contribution in [0.25, 0.3) is 0 Å². The molecular formula is C14H17N5O4S. The van der Waals surface area contributed by atoms with Crippen LogP contribution in [0.2, 0.25) is 0 Å². The number of non-ortho nitro benzene ring substituents is 1. The third kappa shape index (κ3) is 4.24. The van der Waals surface area contributed by atoms with E-state index in [1.54, 1.807) is 17.9 Å². The van der Waals surface area contributed by atoms with Gasteiger partial charge in [-0.2, -0.15) is 0 Å². The Morgan fingerprint density at radius 3 is 2.58 bits per heavy atom. The number of hydrogen-bond donors (Lipinski definition) is 1. The first-order valence-electron chi connectivity index (χ1n) is 6.95. The minimum Gasteiger partial charge on any atom is -0.363 e. The molecule has 0 spiro atoms. The fourth-order valence-corrected chi connectivity index (χ4v) is 2.95. The van der Waals surface area contributed by atoms with Crippen molar-refractivity contribution in [3.63, 3.8) is 0 Å². The van der Waals surface area contributed by atoms with E-state index in [2.05, 4.69) is 14.7 Å². The Labute approximate surface area is 139 Å². The Hall–Kier alpha value is -2.59. The summed E-state index contributed by atoms with van der Waals surface area (Å²) >= 11 is 0. The van der Waals surface area contributed by atoms with Gasteiger partial charge in [-0.15, -0.1) is 0 Å². The first kappa shape index (κ1) is 17.8. The average molecular weight is 351 g/mol. The fourth-order valence-electron chi connectivity index (χ4n) is 1.93. The van der Waals surface area contributed by atoms with Crippen LogP contribution in [-0.4, -0.2) is 37.4 Å². The molecule has 0 saturated heterocycles. The number of benzene rings is 1. The van der Waals surface area contributed by atoms with Gasteiger partial charge < -0.3 is 4.90 Å². The van der Waals surface area contributed by atoms with Gasteiger partial charge in [-0.05, 0) is 13.0 Å². The Kier molecular flexibility index (Phi) is 5.10. The summed E-state index contributed by atoms with van der Waals surface area (Å²) in [5.74, 6) is 0.972. The molecule has 1 aromatic heterocycles. The van der Waals surface area contributed by atoms with Crippen LogP contribution < -0.4 is 9.62 Å². The first-order valence-corrected chi connectivity index (χ1v) is 8.43. The van der Waals surface area contributed by atoms with Crippen LogP contribution in [0.4, 0.5) is 11.5 Å². The van der Waals surface area contributed by atoms with E-state index in [-0.39, 0.29) is 17.1 Å². The van der Waals surface area contributed by atoms with Crippen molar-refractivity contribution >= 4 is 21.5 Å². The number of nitrogens with zero attached hydrogens (tertiary/aromatic N) is 4. The quantitative estimate of drug-likeness (QED) is 0.614. The molecule has 0 aliphatic carbocycles. The summed E-state index contributed by atoms with van der Waals surface area (Å²) in [7, 11) is -0.272. The van der Waals surface area contributed by atoms with Gasteiger partial charge in [0.15, 0.2) is 0 Å². The summed E-state index contributed by atoms with van der Waals surface area (Å²) in [6.45, 7) is 1.67. The lowest BCUT2D eigenvalue weighted by Crippen LogP contribution is -2.25. The van der Waals surface area contributed by atoms with E-state index in [0.29, 0.717) is 17.3 Å². The number of anilines is 1. The minimum absolute atomic E-state index is 0.118. The summed E-state index contributed by atoms with van der Waals surface area (Å²) in [6, 6.07) is 6.62. The van der Waals surface area contributed by atoms with E-state index in [1.807, 2.05) is 14.1 Å². The molecule has 2 aromatic rings. The summed E-state index contributed by atoms with van der Waals surface area (Å²) in [6.07, 6.45) is 0. The highest BCUT2D eigenvalue weighted by atomic mass is 32.2. The number of sulfonamides is 1. The number of hydrogen-bond acceptors (Lipinski definition) is 7. The normalized spacial score (nSPS) is 11.3. The third-order valence-corrected chi connectivity index (χ3v) is 4.50. The number of nitro groups is 1. The van der Waals surface area contributed by atoms with Gasteiger partial charge in [-0.1, -0.05) is 6.07 Å². The maximum absolute atomic E-state index is 12.3. The monoisotopic (exact) mass is 351 g/mol. The van der Waals surface area contributed by atoms with Crippen molar-refractivity contribution in [2.45, 2.75) is 18.4 Å². The highest BCUT2D eigenvalue weighted by Gasteiger charge is 2.18. The van der Waals surface area contributed by atoms with Crippen molar-refractivity contribution in [3.05, 3.63) is 52.0 Å². The molecule has 10 heteroatoms. The molecule has 0 bridgehead atoms. The highest BCUT2D eigenvalue weighted by Crippen LogP contribution is 2.17. The van der Waals surface area contributed by atoms with Crippen molar-refractivity contribution in [1.29, 1.82) is 0 Å². The lowest BCUT2D eigenvalue weighted by atomic mass is 10.3. The van der Waals surface area contributed by atoms with Gasteiger partial charge in [0, 0.05) is 38.0 Å². The Bertz CT molecular complexity index is 867. The van der Waals surface area contributed by atoms with Gasteiger partial charge in [0.05, 0.1) is 16.4 Å². The van der Waals surface area contributed by atoms with Crippen molar-refractivity contribution in [1.82, 2.24) is 14.7 Å². The second-order valence-electron chi connectivity index (χ2n) is 5.26. The molecular weight excluding hydrogens is 334 g/mol. The Morgan fingerprint density at radius 2 is 1.96 bits per heavy atom. The van der Waals surface area contributed by atoms with E-state index < -0.39 is 14.9 Å². The van der Waals surface area contributed by atoms with Crippen LogP contribution in [0, 0.1) is 17.0 Å². The number of nitro benzene ring substituents is 1. The van der Waals surface area contributed by atoms with Crippen molar-refractivity contribution in [3.8, 4) is 0 Å². The maximum Gasteiger partial charge on any atom is 0.270 e. The average Bonchev–Trinajstić information content (AvgIpc) is 2.52. The smallest absolute Gasteiger partial charge is 0.270 e. The van der Waals surface area contributed by atoms with Crippen LogP contribution in [-0.2, 0) is 16.6 Å². The molecule has 1 aromatic carbocycles. The predicted molar refractivity (Wildman–Crippen MR) is 88.2 cm³/mol. The molecule has 0 fully saturated rings. The second-order valence-corrected chi connectivity index (χ2v) is 7.02. The van der Waals surface area contributed by atoms with E-state index in [0.717, 1.165) is 6.07 Å². The molecule has 2 rings (SSSR count). The van der Waals surface area contributed by atoms with Crippen molar-refractivity contribution < 1.29 is 13.3 Å². The SMILES string of the molecule is Cc1cc(N(C)C)nc(CNS(=O)(=O)c2cccc([N+](=O)[O-])c2)n1. The molecule has 0 unspecified atom stereocenters. The minimum atomic E-state index is -3.91. The van der Waals surface area contributed by atoms with E-state index in [9.17, 15) is 18.5 Å². The molecule has 1 heterocycles. The Balaban J connectivity index is 2.22. The largest absolute Gasteiger partial charge is 0.363 e. The molecule has 1 N–H and O–H groups in total. The molecule has 0 atom stereocenters. The lowest BCUT2D eigenvalue weighted by molar-refractivity contribution is -0.385. The zero-order chi connectivity index (χ0) is 17.9. The van der Waals surface area contributed by atoms with Gasteiger partial charge in [-0.3, -0.25) is 10.1 Å². The first-order chi connectivity index (χ1) is 11.2. The number of nitrogens with one attached hydrogen (secondary N) is 1. The fraction of sp³-hybridized carbons (Fsp3) is 0.286. The van der Waals surface area contributed by atoms with Gasteiger partial charge in [0.2, 0.25) is 10.0 Å². The Morgan fingerprint density at radius 1 is 1.25 bits per heavy atom. The summed E-state index contributed by atoms with van der Waals surface area (Å²) in [5.41, 5.74) is 0.415. The zero-order valence-corrected chi connectivity index (χ0v) is 14.2. The molecule has 128 valence electrons. The zero-order valence-electron chi connectivity index (χ0n) is 13.4. The van der Waals surface area contributed by atoms with E-state index in [4.69, 9.17) is 0 Å². The highest BCUT2D eigenvalue weighted by molar-refractivity contribution is 7.89. The summed E-state index contributed by atoms with van der Waals surface area (Å²) in [4.78, 5) is 20.2. The molecule has 0 radical (unpaired) electrons. The van der Waals surface area contributed by atoms with Gasteiger partial charge >= 0.3 is 0 Å². The third-order valence-electron chi connectivity index (χ3n) is 3.10.